The maximum atomic E-state index is 14.0. The highest BCUT2D eigenvalue weighted by Gasteiger charge is 2.92. The smallest absolute Gasteiger partial charge is 0.370 e. The minimum atomic E-state index is -8.26. The summed E-state index contributed by atoms with van der Waals surface area (Å²) in [6, 6.07) is 0. The van der Waals surface area contributed by atoms with E-state index in [2.05, 4.69) is 4.74 Å². The van der Waals surface area contributed by atoms with Crippen LogP contribution in [0, 0.1) is 10.8 Å². The topological polar surface area (TPSA) is 12.5 Å². The van der Waals surface area contributed by atoms with E-state index in [9.17, 15) is 96.6 Å². The molecule has 228 valence electrons. The summed E-state index contributed by atoms with van der Waals surface area (Å²) in [5.74, 6) is -16.4. The van der Waals surface area contributed by atoms with Crippen molar-refractivity contribution in [2.75, 3.05) is 0 Å². The van der Waals surface area contributed by atoms with Crippen molar-refractivity contribution in [2.45, 2.75) is 80.4 Å². The number of alkyl halides is 22. The Morgan fingerprint density at radius 2 is 0.737 bits per heavy atom. The molecule has 0 bridgehead atoms. The number of hydrogen-bond acceptors (Lipinski definition) is 1. The SMILES string of the molecule is FC(F)(F)CC(CC1OC1CC(C(F)(F)F)(C(F)(F)F)C(F)(F)C(F)(F)C(F)(F)F)(C(F)(F)F)C(F)(F)F. The number of hydrogen-bond donors (Lipinski definition) is 0. The Labute approximate surface area is 194 Å². The molecule has 0 spiro atoms. The molecule has 0 radical (unpaired) electrons. The van der Waals surface area contributed by atoms with Crippen LogP contribution in [0.3, 0.4) is 0 Å². The molecule has 0 aliphatic carbocycles. The molecule has 0 aromatic rings. The number of epoxide rings is 1. The molecule has 2 unspecified atom stereocenters. The Morgan fingerprint density at radius 3 is 1.00 bits per heavy atom. The third-order valence-electron chi connectivity index (χ3n) is 5.59. The molecule has 0 aromatic carbocycles. The van der Waals surface area contributed by atoms with Crippen LogP contribution in [0.25, 0.3) is 0 Å². The molecule has 23 heteroatoms. The Morgan fingerprint density at radius 1 is 0.395 bits per heavy atom. The maximum absolute atomic E-state index is 14.0. The van der Waals surface area contributed by atoms with E-state index in [-0.39, 0.29) is 0 Å². The van der Waals surface area contributed by atoms with Crippen LogP contribution >= 0.6 is 0 Å². The number of ether oxygens (including phenoxy) is 1. The lowest BCUT2D eigenvalue weighted by atomic mass is 9.71. The fraction of sp³-hybridized carbons (Fsp3) is 1.00. The van der Waals surface area contributed by atoms with Crippen LogP contribution in [-0.2, 0) is 4.74 Å². The zero-order chi connectivity index (χ0) is 31.0. The van der Waals surface area contributed by atoms with Gasteiger partial charge >= 0.3 is 48.9 Å². The van der Waals surface area contributed by atoms with Crippen molar-refractivity contribution < 1.29 is 101 Å². The highest BCUT2D eigenvalue weighted by atomic mass is 19.4. The maximum Gasteiger partial charge on any atom is 0.459 e. The van der Waals surface area contributed by atoms with Crippen molar-refractivity contribution in [3.05, 3.63) is 0 Å². The molecule has 0 aromatic heterocycles. The summed E-state index contributed by atoms with van der Waals surface area (Å²) in [5, 5.41) is 0. The minimum absolute atomic E-state index is 3.21. The summed E-state index contributed by atoms with van der Waals surface area (Å²) in [5.41, 5.74) is -13.5. The van der Waals surface area contributed by atoms with Gasteiger partial charge in [-0.05, 0) is 6.42 Å². The molecule has 1 rings (SSSR count). The average Bonchev–Trinajstić information content (AvgIpc) is 3.29. The second-order valence-corrected chi connectivity index (χ2v) is 8.04. The lowest BCUT2D eigenvalue weighted by Crippen LogP contribution is -2.70. The summed E-state index contributed by atoms with van der Waals surface area (Å²) >= 11 is 0. The first-order valence-electron chi connectivity index (χ1n) is 8.94. The molecule has 1 saturated heterocycles. The Kier molecular flexibility index (Phi) is 8.13. The fourth-order valence-electron chi connectivity index (χ4n) is 3.51. The summed E-state index contributed by atoms with van der Waals surface area (Å²) in [7, 11) is 0. The molecule has 0 saturated carbocycles. The summed E-state index contributed by atoms with van der Waals surface area (Å²) in [4.78, 5) is 0. The van der Waals surface area contributed by atoms with Gasteiger partial charge in [-0.15, -0.1) is 0 Å². The van der Waals surface area contributed by atoms with E-state index in [1.54, 1.807) is 0 Å². The molecule has 2 atom stereocenters. The van der Waals surface area contributed by atoms with Crippen LogP contribution in [0.15, 0.2) is 0 Å². The standard InChI is InChI=1S/C15H8F22O/c16-8(17,18)3-6(11(23,24)25,12(26,27)28)1-4-5(38-4)2-7(13(29,30)31,14(32,33)34)9(19,20)10(21,22)15(35,36)37/h4-5H,1-3H2. The minimum Gasteiger partial charge on any atom is -0.370 e. The number of halogens is 22. The third kappa shape index (κ3) is 5.52. The van der Waals surface area contributed by atoms with Crippen molar-refractivity contribution >= 4 is 0 Å². The predicted octanol–water partition coefficient (Wildman–Crippen LogP) is 8.54. The van der Waals surface area contributed by atoms with E-state index in [1.165, 1.54) is 0 Å². The van der Waals surface area contributed by atoms with Gasteiger partial charge in [-0.2, -0.15) is 96.6 Å². The average molecular weight is 622 g/mol. The third-order valence-corrected chi connectivity index (χ3v) is 5.59. The Bertz CT molecular complexity index is 804. The largest absolute Gasteiger partial charge is 0.459 e. The van der Waals surface area contributed by atoms with Crippen LogP contribution in [0.1, 0.15) is 19.3 Å². The predicted molar refractivity (Wildman–Crippen MR) is 73.6 cm³/mol. The molecular weight excluding hydrogens is 614 g/mol. The first-order chi connectivity index (χ1) is 16.1. The molecule has 1 aliphatic rings. The van der Waals surface area contributed by atoms with E-state index >= 15 is 0 Å². The normalized spacial score (nSPS) is 21.6. The summed E-state index contributed by atoms with van der Waals surface area (Å²) < 4.78 is 291. The summed E-state index contributed by atoms with van der Waals surface area (Å²) in [6.45, 7) is 0. The van der Waals surface area contributed by atoms with Crippen LogP contribution in [0.2, 0.25) is 0 Å². The van der Waals surface area contributed by atoms with E-state index in [0.29, 0.717) is 0 Å². The van der Waals surface area contributed by atoms with E-state index in [1.807, 2.05) is 0 Å². The molecule has 1 heterocycles. The van der Waals surface area contributed by atoms with Gasteiger partial charge in [0.25, 0.3) is 0 Å². The molecule has 1 nitrogen and oxygen atoms in total. The highest BCUT2D eigenvalue weighted by Crippen LogP contribution is 2.69. The monoisotopic (exact) mass is 622 g/mol. The molecule has 0 amide bonds. The van der Waals surface area contributed by atoms with Crippen LogP contribution in [0.5, 0.6) is 0 Å². The Hall–Kier alpha value is -1.58. The summed E-state index contributed by atoms with van der Waals surface area (Å²) in [6.07, 6.45) is -62.1. The molecule has 1 fully saturated rings. The molecular formula is C15H8F22O. The zero-order valence-corrected chi connectivity index (χ0v) is 17.0. The van der Waals surface area contributed by atoms with Gasteiger partial charge in [-0.25, -0.2) is 0 Å². The van der Waals surface area contributed by atoms with Crippen molar-refractivity contribution in [2.24, 2.45) is 10.8 Å². The van der Waals surface area contributed by atoms with Crippen LogP contribution in [0.4, 0.5) is 96.6 Å². The zero-order valence-electron chi connectivity index (χ0n) is 17.0. The molecule has 0 N–H and O–H groups in total. The van der Waals surface area contributed by atoms with Crippen molar-refractivity contribution in [3.63, 3.8) is 0 Å². The lowest BCUT2D eigenvalue weighted by molar-refractivity contribution is -0.462. The second-order valence-electron chi connectivity index (χ2n) is 8.04. The van der Waals surface area contributed by atoms with Crippen molar-refractivity contribution in [3.8, 4) is 0 Å². The van der Waals surface area contributed by atoms with Gasteiger partial charge in [0.05, 0.1) is 18.6 Å². The van der Waals surface area contributed by atoms with E-state index in [4.69, 9.17) is 0 Å². The highest BCUT2D eigenvalue weighted by molar-refractivity contribution is 5.14. The van der Waals surface area contributed by atoms with Gasteiger partial charge in [0, 0.05) is 6.42 Å². The van der Waals surface area contributed by atoms with E-state index < -0.39 is 91.2 Å². The van der Waals surface area contributed by atoms with Gasteiger partial charge < -0.3 is 4.74 Å². The van der Waals surface area contributed by atoms with Crippen molar-refractivity contribution in [1.29, 1.82) is 0 Å². The molecule has 1 aliphatic heterocycles. The quantitative estimate of drug-likeness (QED) is 0.205. The first-order valence-corrected chi connectivity index (χ1v) is 8.94. The van der Waals surface area contributed by atoms with Gasteiger partial charge in [-0.1, -0.05) is 0 Å². The van der Waals surface area contributed by atoms with Gasteiger partial charge in [-0.3, -0.25) is 0 Å². The van der Waals surface area contributed by atoms with Gasteiger partial charge in [0.1, 0.15) is 0 Å². The lowest BCUT2D eigenvalue weighted by Gasteiger charge is -2.45. The first kappa shape index (κ1) is 34.4. The van der Waals surface area contributed by atoms with E-state index in [0.717, 1.165) is 0 Å². The van der Waals surface area contributed by atoms with Gasteiger partial charge in [0.2, 0.25) is 5.41 Å². The van der Waals surface area contributed by atoms with Gasteiger partial charge in [0.15, 0.2) is 5.41 Å². The van der Waals surface area contributed by atoms with Crippen LogP contribution in [-0.4, -0.2) is 61.1 Å². The fourth-order valence-corrected chi connectivity index (χ4v) is 3.51. The van der Waals surface area contributed by atoms with Crippen LogP contribution < -0.4 is 0 Å². The second kappa shape index (κ2) is 8.96. The number of rotatable bonds is 7. The van der Waals surface area contributed by atoms with Crippen molar-refractivity contribution in [1.82, 2.24) is 0 Å². The molecule has 38 heavy (non-hydrogen) atoms. The Balaban J connectivity index is 3.70.